The second-order valence-electron chi connectivity index (χ2n) is 4.45. The van der Waals surface area contributed by atoms with Crippen molar-refractivity contribution in [1.82, 2.24) is 4.31 Å². The number of piperidine rings is 1. The van der Waals surface area contributed by atoms with Gasteiger partial charge in [0, 0.05) is 13.1 Å². The van der Waals surface area contributed by atoms with Gasteiger partial charge in [-0.15, -0.1) is 0 Å². The molecule has 84 valence electrons. The summed E-state index contributed by atoms with van der Waals surface area (Å²) in [5.41, 5.74) is 0.295. The van der Waals surface area contributed by atoms with E-state index in [-0.39, 0.29) is 0 Å². The van der Waals surface area contributed by atoms with E-state index < -0.39 is 10.0 Å². The van der Waals surface area contributed by atoms with E-state index >= 15 is 0 Å². The van der Waals surface area contributed by atoms with E-state index in [1.54, 1.807) is 4.31 Å². The third-order valence-electron chi connectivity index (χ3n) is 3.11. The molecule has 0 unspecified atom stereocenters. The standard InChI is InChI=1S/C9H19NO2S2/c1-9(5-8-13)3-6-10(7-4-9)14(2,11)12/h13H,3-8H2,1-2H3. The monoisotopic (exact) mass is 237 g/mol. The minimum Gasteiger partial charge on any atom is -0.213 e. The zero-order chi connectivity index (χ0) is 10.8. The van der Waals surface area contributed by atoms with Gasteiger partial charge in [0.15, 0.2) is 0 Å². The molecule has 0 N–H and O–H groups in total. The Morgan fingerprint density at radius 3 is 2.21 bits per heavy atom. The summed E-state index contributed by atoms with van der Waals surface area (Å²) in [4.78, 5) is 0. The number of rotatable bonds is 3. The highest BCUT2D eigenvalue weighted by Crippen LogP contribution is 2.35. The minimum atomic E-state index is -2.98. The smallest absolute Gasteiger partial charge is 0.211 e. The van der Waals surface area contributed by atoms with E-state index in [9.17, 15) is 8.42 Å². The maximum Gasteiger partial charge on any atom is 0.211 e. The van der Waals surface area contributed by atoms with Crippen LogP contribution >= 0.6 is 12.6 Å². The SMILES string of the molecule is CC1(CCS)CCN(S(C)(=O)=O)CC1. The molecule has 5 heteroatoms. The molecule has 1 saturated heterocycles. The molecule has 0 atom stereocenters. The number of sulfonamides is 1. The molecule has 0 saturated carbocycles. The molecule has 0 bridgehead atoms. The van der Waals surface area contributed by atoms with Crippen LogP contribution in [0, 0.1) is 5.41 Å². The highest BCUT2D eigenvalue weighted by atomic mass is 32.2. The summed E-state index contributed by atoms with van der Waals surface area (Å²) in [6.07, 6.45) is 4.28. The molecule has 0 radical (unpaired) electrons. The van der Waals surface area contributed by atoms with Crippen LogP contribution in [-0.2, 0) is 10.0 Å². The maximum atomic E-state index is 11.3. The van der Waals surface area contributed by atoms with Crippen molar-refractivity contribution < 1.29 is 8.42 Å². The van der Waals surface area contributed by atoms with Crippen LogP contribution in [0.25, 0.3) is 0 Å². The Balaban J connectivity index is 2.54. The van der Waals surface area contributed by atoms with Crippen LogP contribution in [0.1, 0.15) is 26.2 Å². The average molecular weight is 237 g/mol. The predicted molar refractivity (Wildman–Crippen MR) is 62.2 cm³/mol. The quantitative estimate of drug-likeness (QED) is 0.753. The number of thiol groups is 1. The van der Waals surface area contributed by atoms with Crippen molar-refractivity contribution in [2.45, 2.75) is 26.2 Å². The Bertz CT molecular complexity index is 279. The van der Waals surface area contributed by atoms with Crippen LogP contribution in [0.3, 0.4) is 0 Å². The Morgan fingerprint density at radius 1 is 1.36 bits per heavy atom. The van der Waals surface area contributed by atoms with E-state index in [0.717, 1.165) is 25.0 Å². The Kier molecular flexibility index (Phi) is 3.88. The lowest BCUT2D eigenvalue weighted by Crippen LogP contribution is -2.41. The summed E-state index contributed by atoms with van der Waals surface area (Å²) in [6, 6.07) is 0. The predicted octanol–water partition coefficient (Wildman–Crippen LogP) is 1.37. The average Bonchev–Trinajstić information content (AvgIpc) is 2.03. The van der Waals surface area contributed by atoms with Gasteiger partial charge in [-0.1, -0.05) is 6.92 Å². The third kappa shape index (κ3) is 3.14. The zero-order valence-corrected chi connectivity index (χ0v) is 10.6. The first kappa shape index (κ1) is 12.3. The minimum absolute atomic E-state index is 0.295. The Morgan fingerprint density at radius 2 is 1.86 bits per heavy atom. The second kappa shape index (κ2) is 4.41. The van der Waals surface area contributed by atoms with E-state index in [4.69, 9.17) is 0 Å². The largest absolute Gasteiger partial charge is 0.213 e. The molecule has 0 spiro atoms. The van der Waals surface area contributed by atoms with Gasteiger partial charge in [0.25, 0.3) is 0 Å². The number of nitrogens with zero attached hydrogens (tertiary/aromatic N) is 1. The summed E-state index contributed by atoms with van der Waals surface area (Å²) >= 11 is 4.23. The van der Waals surface area contributed by atoms with Crippen molar-refractivity contribution in [3.8, 4) is 0 Å². The van der Waals surface area contributed by atoms with E-state index in [2.05, 4.69) is 19.6 Å². The fourth-order valence-electron chi connectivity index (χ4n) is 1.88. The molecule has 0 aromatic rings. The first-order chi connectivity index (χ1) is 6.37. The van der Waals surface area contributed by atoms with Crippen molar-refractivity contribution in [3.05, 3.63) is 0 Å². The van der Waals surface area contributed by atoms with Crippen LogP contribution in [-0.4, -0.2) is 37.8 Å². The normalized spacial score (nSPS) is 23.6. The number of hydrogen-bond acceptors (Lipinski definition) is 3. The van der Waals surface area contributed by atoms with Crippen molar-refractivity contribution in [2.75, 3.05) is 25.1 Å². The van der Waals surface area contributed by atoms with Gasteiger partial charge in [-0.2, -0.15) is 12.6 Å². The lowest BCUT2D eigenvalue weighted by Gasteiger charge is -2.38. The Hall–Kier alpha value is 0.260. The van der Waals surface area contributed by atoms with Crippen LogP contribution in [0.15, 0.2) is 0 Å². The highest BCUT2D eigenvalue weighted by Gasteiger charge is 2.32. The molecule has 14 heavy (non-hydrogen) atoms. The first-order valence-corrected chi connectivity index (χ1v) is 7.41. The van der Waals surface area contributed by atoms with Gasteiger partial charge in [0.1, 0.15) is 0 Å². The van der Waals surface area contributed by atoms with Gasteiger partial charge in [-0.3, -0.25) is 0 Å². The van der Waals surface area contributed by atoms with Crippen molar-refractivity contribution in [2.24, 2.45) is 5.41 Å². The molecule has 1 rings (SSSR count). The molecule has 1 aliphatic heterocycles. The molecule has 1 heterocycles. The van der Waals surface area contributed by atoms with Gasteiger partial charge < -0.3 is 0 Å². The first-order valence-electron chi connectivity index (χ1n) is 4.93. The maximum absolute atomic E-state index is 11.3. The van der Waals surface area contributed by atoms with Crippen LogP contribution in [0.2, 0.25) is 0 Å². The highest BCUT2D eigenvalue weighted by molar-refractivity contribution is 7.88. The van der Waals surface area contributed by atoms with Crippen LogP contribution in [0.5, 0.6) is 0 Å². The van der Waals surface area contributed by atoms with Gasteiger partial charge in [0.2, 0.25) is 10.0 Å². The van der Waals surface area contributed by atoms with Gasteiger partial charge >= 0.3 is 0 Å². The van der Waals surface area contributed by atoms with Gasteiger partial charge in [0.05, 0.1) is 6.26 Å². The fraction of sp³-hybridized carbons (Fsp3) is 1.00. The molecule has 3 nitrogen and oxygen atoms in total. The molecule has 1 aliphatic rings. The molecule has 1 fully saturated rings. The van der Waals surface area contributed by atoms with E-state index in [0.29, 0.717) is 18.5 Å². The van der Waals surface area contributed by atoms with Crippen molar-refractivity contribution in [3.63, 3.8) is 0 Å². The molecule has 0 aliphatic carbocycles. The molecular weight excluding hydrogens is 218 g/mol. The molecule has 0 aromatic heterocycles. The summed E-state index contributed by atoms with van der Waals surface area (Å²) in [6.45, 7) is 3.56. The lowest BCUT2D eigenvalue weighted by atomic mass is 9.79. The van der Waals surface area contributed by atoms with Crippen LogP contribution < -0.4 is 0 Å². The molecule has 0 amide bonds. The van der Waals surface area contributed by atoms with Crippen molar-refractivity contribution >= 4 is 22.7 Å². The second-order valence-corrected chi connectivity index (χ2v) is 6.88. The lowest BCUT2D eigenvalue weighted by molar-refractivity contribution is 0.171. The van der Waals surface area contributed by atoms with Crippen molar-refractivity contribution in [1.29, 1.82) is 0 Å². The number of hydrogen-bond donors (Lipinski definition) is 1. The summed E-state index contributed by atoms with van der Waals surface area (Å²) in [5.74, 6) is 0.884. The summed E-state index contributed by atoms with van der Waals surface area (Å²) < 4.78 is 24.1. The summed E-state index contributed by atoms with van der Waals surface area (Å²) in [5, 5.41) is 0. The van der Waals surface area contributed by atoms with E-state index in [1.807, 2.05) is 0 Å². The zero-order valence-electron chi connectivity index (χ0n) is 8.86. The van der Waals surface area contributed by atoms with E-state index in [1.165, 1.54) is 6.26 Å². The Labute approximate surface area is 92.3 Å². The van der Waals surface area contributed by atoms with Crippen LogP contribution in [0.4, 0.5) is 0 Å². The topological polar surface area (TPSA) is 37.4 Å². The molecular formula is C9H19NO2S2. The molecule has 0 aromatic carbocycles. The van der Waals surface area contributed by atoms with Gasteiger partial charge in [-0.25, -0.2) is 12.7 Å². The fourth-order valence-corrected chi connectivity index (χ4v) is 3.26. The summed E-state index contributed by atoms with van der Waals surface area (Å²) in [7, 11) is -2.98. The third-order valence-corrected chi connectivity index (χ3v) is 4.64. The van der Waals surface area contributed by atoms with Gasteiger partial charge in [-0.05, 0) is 30.4 Å².